The number of carbonyl (C=O) groups excluding carboxylic acids is 2. The Morgan fingerprint density at radius 1 is 1.17 bits per heavy atom. The van der Waals surface area contributed by atoms with Crippen molar-refractivity contribution in [1.29, 1.82) is 0 Å². The third-order valence-corrected chi connectivity index (χ3v) is 6.67. The summed E-state index contributed by atoms with van der Waals surface area (Å²) in [7, 11) is 1.57. The summed E-state index contributed by atoms with van der Waals surface area (Å²) in [6, 6.07) is 14.7. The van der Waals surface area contributed by atoms with Gasteiger partial charge in [-0.15, -0.1) is 0 Å². The highest BCUT2D eigenvalue weighted by molar-refractivity contribution is 8.14. The van der Waals surface area contributed by atoms with Crippen molar-refractivity contribution in [3.63, 3.8) is 0 Å². The topological polar surface area (TPSA) is 77.4 Å². The molecule has 0 aliphatic carbocycles. The molecule has 1 atom stereocenters. The normalized spacial score (nSPS) is 17.7. The highest BCUT2D eigenvalue weighted by atomic mass is 32.2. The molecular weight excluding hydrogens is 464 g/mol. The van der Waals surface area contributed by atoms with Crippen molar-refractivity contribution in [2.45, 2.75) is 39.8 Å². The van der Waals surface area contributed by atoms with E-state index in [-0.39, 0.29) is 18.4 Å². The number of rotatable bonds is 8. The van der Waals surface area contributed by atoms with Crippen molar-refractivity contribution in [3.05, 3.63) is 70.9 Å². The standard InChI is InChI=1S/C27H30N2O5S/c1-17(2)15-34-26(31)24-18(3)28-27-29(23(30)12-13-35-27)25(24)20-10-11-21(22(14-20)32-4)33-16-19-8-6-5-7-9-19/h5-11,14,17,25H,12-13,15-16H2,1-4H3/t25-/m1/s1. The number of hydrogen-bond donors (Lipinski definition) is 0. The summed E-state index contributed by atoms with van der Waals surface area (Å²) in [4.78, 5) is 32.5. The van der Waals surface area contributed by atoms with Crippen LogP contribution in [0.1, 0.15) is 44.4 Å². The number of allylic oxidation sites excluding steroid dienone is 1. The molecular formula is C27H30N2O5S. The van der Waals surface area contributed by atoms with E-state index in [1.54, 1.807) is 18.9 Å². The molecule has 0 radical (unpaired) electrons. The first kappa shape index (κ1) is 24.9. The van der Waals surface area contributed by atoms with Crippen LogP contribution in [0.15, 0.2) is 64.8 Å². The third kappa shape index (κ3) is 5.53. The quantitative estimate of drug-likeness (QED) is 0.474. The first-order chi connectivity index (χ1) is 16.9. The van der Waals surface area contributed by atoms with Gasteiger partial charge in [0, 0.05) is 12.2 Å². The van der Waals surface area contributed by atoms with Crippen molar-refractivity contribution in [2.75, 3.05) is 19.5 Å². The van der Waals surface area contributed by atoms with Gasteiger partial charge in [-0.25, -0.2) is 9.79 Å². The summed E-state index contributed by atoms with van der Waals surface area (Å²) in [5, 5.41) is 0.604. The predicted octanol–water partition coefficient (Wildman–Crippen LogP) is 5.12. The van der Waals surface area contributed by atoms with Crippen molar-refractivity contribution in [3.8, 4) is 11.5 Å². The number of amides is 1. The zero-order chi connectivity index (χ0) is 24.9. The summed E-state index contributed by atoms with van der Waals surface area (Å²) < 4.78 is 17.2. The van der Waals surface area contributed by atoms with Crippen molar-refractivity contribution in [1.82, 2.24) is 4.90 Å². The number of methoxy groups -OCH3 is 1. The second kappa shape index (κ2) is 11.0. The summed E-state index contributed by atoms with van der Waals surface area (Å²) in [6.07, 6.45) is 0.378. The van der Waals surface area contributed by atoms with Crippen molar-refractivity contribution >= 4 is 28.8 Å². The van der Waals surface area contributed by atoms with Gasteiger partial charge in [0.1, 0.15) is 6.61 Å². The Hall–Kier alpha value is -3.26. The van der Waals surface area contributed by atoms with E-state index in [1.165, 1.54) is 11.8 Å². The molecule has 2 aromatic rings. The van der Waals surface area contributed by atoms with Crippen LogP contribution >= 0.6 is 11.8 Å². The molecule has 8 heteroatoms. The van der Waals surface area contributed by atoms with Crippen LogP contribution in [0.4, 0.5) is 0 Å². The lowest BCUT2D eigenvalue weighted by molar-refractivity contribution is -0.141. The van der Waals surface area contributed by atoms with Gasteiger partial charge in [0.05, 0.1) is 31.0 Å². The summed E-state index contributed by atoms with van der Waals surface area (Å²) in [5.74, 6) is 1.42. The number of aliphatic imine (C=N–C) groups is 1. The number of benzene rings is 2. The van der Waals surface area contributed by atoms with Gasteiger partial charge in [-0.2, -0.15) is 0 Å². The second-order valence-electron chi connectivity index (χ2n) is 8.84. The smallest absolute Gasteiger partial charge is 0.338 e. The van der Waals surface area contributed by atoms with Gasteiger partial charge >= 0.3 is 5.97 Å². The lowest BCUT2D eigenvalue weighted by Crippen LogP contribution is -2.45. The van der Waals surface area contributed by atoms with E-state index in [9.17, 15) is 9.59 Å². The van der Waals surface area contributed by atoms with Gasteiger partial charge in [0.25, 0.3) is 0 Å². The molecule has 1 fully saturated rings. The van der Waals surface area contributed by atoms with Gasteiger partial charge in [-0.1, -0.05) is 62.0 Å². The monoisotopic (exact) mass is 494 g/mol. The summed E-state index contributed by atoms with van der Waals surface area (Å²) in [6.45, 7) is 6.43. The van der Waals surface area contributed by atoms with Gasteiger partial charge in [0.15, 0.2) is 16.7 Å². The Labute approximate surface area is 210 Å². The summed E-state index contributed by atoms with van der Waals surface area (Å²) in [5.41, 5.74) is 2.69. The fourth-order valence-electron chi connectivity index (χ4n) is 4.00. The van der Waals surface area contributed by atoms with Gasteiger partial charge in [-0.3, -0.25) is 9.69 Å². The number of carbonyl (C=O) groups is 2. The average Bonchev–Trinajstić information content (AvgIpc) is 2.86. The molecule has 0 saturated carbocycles. The molecule has 7 nitrogen and oxygen atoms in total. The molecule has 0 N–H and O–H groups in total. The molecule has 2 heterocycles. The van der Waals surface area contributed by atoms with E-state index < -0.39 is 12.0 Å². The minimum absolute atomic E-state index is 0.0717. The summed E-state index contributed by atoms with van der Waals surface area (Å²) >= 11 is 1.52. The van der Waals surface area contributed by atoms with E-state index in [2.05, 4.69) is 4.99 Å². The molecule has 0 unspecified atom stereocenters. The minimum atomic E-state index is -0.653. The lowest BCUT2D eigenvalue weighted by Gasteiger charge is -2.39. The molecule has 1 amide bonds. The third-order valence-electron chi connectivity index (χ3n) is 5.71. The van der Waals surface area contributed by atoms with Gasteiger partial charge in [-0.05, 0) is 36.1 Å². The molecule has 0 aromatic heterocycles. The molecule has 0 spiro atoms. The first-order valence-corrected chi connectivity index (χ1v) is 12.6. The Bertz CT molecular complexity index is 1160. The molecule has 35 heavy (non-hydrogen) atoms. The Kier molecular flexibility index (Phi) is 7.80. The molecule has 184 valence electrons. The Morgan fingerprint density at radius 2 is 1.94 bits per heavy atom. The molecule has 2 aliphatic heterocycles. The van der Waals surface area contributed by atoms with E-state index in [4.69, 9.17) is 14.2 Å². The number of nitrogens with zero attached hydrogens (tertiary/aromatic N) is 2. The molecule has 0 bridgehead atoms. The Morgan fingerprint density at radius 3 is 2.66 bits per heavy atom. The van der Waals surface area contributed by atoms with E-state index in [0.717, 1.165) is 11.1 Å². The van der Waals surface area contributed by atoms with Crippen LogP contribution in [0.5, 0.6) is 11.5 Å². The van der Waals surface area contributed by atoms with Gasteiger partial charge < -0.3 is 14.2 Å². The highest BCUT2D eigenvalue weighted by Crippen LogP contribution is 2.42. The first-order valence-electron chi connectivity index (χ1n) is 11.6. The van der Waals surface area contributed by atoms with Crippen LogP contribution in [0.25, 0.3) is 0 Å². The number of ether oxygens (including phenoxy) is 3. The molecule has 2 aliphatic rings. The van der Waals surface area contributed by atoms with E-state index in [1.807, 2.05) is 62.4 Å². The van der Waals surface area contributed by atoms with Crippen LogP contribution in [-0.4, -0.2) is 41.4 Å². The fourth-order valence-corrected chi connectivity index (χ4v) is 5.01. The van der Waals surface area contributed by atoms with Crippen LogP contribution in [0.2, 0.25) is 0 Å². The Balaban J connectivity index is 1.70. The second-order valence-corrected chi connectivity index (χ2v) is 9.90. The average molecular weight is 495 g/mol. The van der Waals surface area contributed by atoms with Crippen LogP contribution in [0.3, 0.4) is 0 Å². The highest BCUT2D eigenvalue weighted by Gasteiger charge is 2.42. The maximum atomic E-state index is 13.2. The fraction of sp³-hybridized carbons (Fsp3) is 0.370. The zero-order valence-electron chi connectivity index (χ0n) is 20.4. The van der Waals surface area contributed by atoms with E-state index in [0.29, 0.717) is 46.7 Å². The predicted molar refractivity (Wildman–Crippen MR) is 136 cm³/mol. The number of thioether (sulfide) groups is 1. The number of amidine groups is 1. The molecule has 4 rings (SSSR count). The van der Waals surface area contributed by atoms with Crippen molar-refractivity contribution < 1.29 is 23.8 Å². The lowest BCUT2D eigenvalue weighted by atomic mass is 9.93. The van der Waals surface area contributed by atoms with Crippen LogP contribution in [-0.2, 0) is 20.9 Å². The molecule has 1 saturated heterocycles. The van der Waals surface area contributed by atoms with Crippen LogP contribution < -0.4 is 9.47 Å². The zero-order valence-corrected chi connectivity index (χ0v) is 21.3. The number of hydrogen-bond acceptors (Lipinski definition) is 7. The van der Waals surface area contributed by atoms with Crippen LogP contribution in [0, 0.1) is 5.92 Å². The maximum absolute atomic E-state index is 13.2. The minimum Gasteiger partial charge on any atom is -0.493 e. The van der Waals surface area contributed by atoms with Gasteiger partial charge in [0.2, 0.25) is 5.91 Å². The molecule has 2 aromatic carbocycles. The number of fused-ring (bicyclic) bond motifs is 1. The largest absolute Gasteiger partial charge is 0.493 e. The maximum Gasteiger partial charge on any atom is 0.338 e. The van der Waals surface area contributed by atoms with E-state index >= 15 is 0 Å². The number of esters is 1. The van der Waals surface area contributed by atoms with Crippen molar-refractivity contribution in [2.24, 2.45) is 10.9 Å². The SMILES string of the molecule is COc1cc([C@@H]2C(C(=O)OCC(C)C)=C(C)N=C3SCCC(=O)N32)ccc1OCc1ccccc1.